The van der Waals surface area contributed by atoms with E-state index in [1.165, 1.54) is 0 Å². The maximum atomic E-state index is 11.8. The molecule has 1 saturated heterocycles. The Hall–Kier alpha value is -1.10. The topological polar surface area (TPSA) is 66.8 Å². The lowest BCUT2D eigenvalue weighted by Gasteiger charge is -2.43. The van der Waals surface area contributed by atoms with Gasteiger partial charge in [0.05, 0.1) is 17.9 Å². The first-order valence-electron chi connectivity index (χ1n) is 5.18. The molecule has 1 aliphatic heterocycles. The van der Waals surface area contributed by atoms with Crippen LogP contribution in [-0.4, -0.2) is 48.2 Å². The molecule has 2 aliphatic rings. The van der Waals surface area contributed by atoms with Crippen molar-refractivity contribution in [3.05, 3.63) is 0 Å². The summed E-state index contributed by atoms with van der Waals surface area (Å²) in [7, 11) is 1.62. The van der Waals surface area contributed by atoms with Crippen LogP contribution in [0.25, 0.3) is 0 Å². The molecule has 84 valence electrons. The van der Waals surface area contributed by atoms with Crippen molar-refractivity contribution < 1.29 is 19.4 Å². The van der Waals surface area contributed by atoms with E-state index >= 15 is 0 Å². The molecule has 15 heavy (non-hydrogen) atoms. The number of hydrogen-bond acceptors (Lipinski definition) is 3. The molecule has 2 unspecified atom stereocenters. The average molecular weight is 213 g/mol. The summed E-state index contributed by atoms with van der Waals surface area (Å²) in [6.45, 7) is 1.22. The van der Waals surface area contributed by atoms with Crippen molar-refractivity contribution in [2.24, 2.45) is 11.8 Å². The molecule has 1 N–H and O–H groups in total. The molecule has 1 heterocycles. The lowest BCUT2D eigenvalue weighted by atomic mass is 9.72. The molecular weight excluding hydrogens is 198 g/mol. The lowest BCUT2D eigenvalue weighted by molar-refractivity contribution is -0.162. The minimum atomic E-state index is -0.844. The van der Waals surface area contributed by atoms with Crippen molar-refractivity contribution in [3.8, 4) is 0 Å². The van der Waals surface area contributed by atoms with Gasteiger partial charge < -0.3 is 14.7 Å². The molecule has 1 aliphatic carbocycles. The Balaban J connectivity index is 1.85. The van der Waals surface area contributed by atoms with Gasteiger partial charge in [0.1, 0.15) is 0 Å². The number of aliphatic carboxylic acids is 1. The maximum Gasteiger partial charge on any atom is 0.307 e. The normalized spacial score (nSPS) is 30.6. The molecule has 0 radical (unpaired) electrons. The third kappa shape index (κ3) is 1.71. The van der Waals surface area contributed by atoms with E-state index in [4.69, 9.17) is 9.84 Å². The number of likely N-dealkylation sites (tertiary alicyclic amines) is 1. The maximum absolute atomic E-state index is 11.8. The van der Waals surface area contributed by atoms with Crippen LogP contribution in [0.4, 0.5) is 0 Å². The highest BCUT2D eigenvalue weighted by molar-refractivity contribution is 5.86. The van der Waals surface area contributed by atoms with E-state index in [-0.39, 0.29) is 17.9 Å². The van der Waals surface area contributed by atoms with Gasteiger partial charge in [-0.15, -0.1) is 0 Å². The van der Waals surface area contributed by atoms with E-state index < -0.39 is 11.9 Å². The summed E-state index contributed by atoms with van der Waals surface area (Å²) < 4.78 is 5.06. The monoisotopic (exact) mass is 213 g/mol. The molecule has 1 amide bonds. The van der Waals surface area contributed by atoms with Gasteiger partial charge in [-0.2, -0.15) is 0 Å². The number of carbonyl (C=O) groups is 2. The van der Waals surface area contributed by atoms with E-state index in [1.54, 1.807) is 12.0 Å². The highest BCUT2D eigenvalue weighted by Crippen LogP contribution is 2.36. The Morgan fingerprint density at radius 1 is 1.27 bits per heavy atom. The van der Waals surface area contributed by atoms with E-state index in [0.717, 1.165) is 0 Å². The number of amides is 1. The van der Waals surface area contributed by atoms with Crippen molar-refractivity contribution in [3.63, 3.8) is 0 Å². The Bertz CT molecular complexity index is 285. The fourth-order valence-electron chi connectivity index (χ4n) is 2.09. The summed E-state index contributed by atoms with van der Waals surface area (Å²) in [6.07, 6.45) is 1.48. The van der Waals surface area contributed by atoms with Crippen LogP contribution < -0.4 is 0 Å². The quantitative estimate of drug-likeness (QED) is 0.714. The summed E-state index contributed by atoms with van der Waals surface area (Å²) in [5.74, 6) is -1.61. The minimum Gasteiger partial charge on any atom is -0.481 e. The third-order valence-corrected chi connectivity index (χ3v) is 3.40. The van der Waals surface area contributed by atoms with E-state index in [1.807, 2.05) is 0 Å². The molecule has 0 spiro atoms. The summed E-state index contributed by atoms with van der Waals surface area (Å²) in [5, 5.41) is 8.83. The standard InChI is InChI=1S/C10H15NO4/c1-15-6-4-11(5-6)9(12)7-2-3-8(7)10(13)14/h6-8H,2-5H2,1H3,(H,13,14). The van der Waals surface area contributed by atoms with E-state index in [0.29, 0.717) is 25.9 Å². The smallest absolute Gasteiger partial charge is 0.307 e. The molecule has 2 atom stereocenters. The molecule has 1 saturated carbocycles. The van der Waals surface area contributed by atoms with Crippen LogP contribution in [0.5, 0.6) is 0 Å². The van der Waals surface area contributed by atoms with Gasteiger partial charge in [0.2, 0.25) is 5.91 Å². The summed E-state index contributed by atoms with van der Waals surface area (Å²) >= 11 is 0. The van der Waals surface area contributed by atoms with Gasteiger partial charge >= 0.3 is 5.97 Å². The number of methoxy groups -OCH3 is 1. The fraction of sp³-hybridized carbons (Fsp3) is 0.800. The SMILES string of the molecule is COC1CN(C(=O)C2CCC2C(=O)O)C1. The van der Waals surface area contributed by atoms with Crippen LogP contribution in [0.2, 0.25) is 0 Å². The number of carbonyl (C=O) groups excluding carboxylic acids is 1. The van der Waals surface area contributed by atoms with Gasteiger partial charge in [-0.05, 0) is 12.8 Å². The number of ether oxygens (including phenoxy) is 1. The van der Waals surface area contributed by atoms with Crippen LogP contribution >= 0.6 is 0 Å². The van der Waals surface area contributed by atoms with Gasteiger partial charge in [-0.3, -0.25) is 9.59 Å². The number of hydrogen-bond donors (Lipinski definition) is 1. The van der Waals surface area contributed by atoms with Crippen LogP contribution in [-0.2, 0) is 14.3 Å². The molecule has 5 heteroatoms. The predicted molar refractivity (Wildman–Crippen MR) is 51.2 cm³/mol. The van der Waals surface area contributed by atoms with Crippen LogP contribution in [0, 0.1) is 11.8 Å². The van der Waals surface area contributed by atoms with Crippen LogP contribution in [0.3, 0.4) is 0 Å². The van der Waals surface area contributed by atoms with E-state index in [9.17, 15) is 9.59 Å². The molecule has 5 nitrogen and oxygen atoms in total. The first-order valence-corrected chi connectivity index (χ1v) is 5.18. The van der Waals surface area contributed by atoms with Crippen molar-refractivity contribution >= 4 is 11.9 Å². The lowest BCUT2D eigenvalue weighted by Crippen LogP contribution is -2.58. The second-order valence-corrected chi connectivity index (χ2v) is 4.23. The first kappa shape index (κ1) is 10.4. The van der Waals surface area contributed by atoms with Gasteiger partial charge in [0, 0.05) is 20.2 Å². The first-order chi connectivity index (χ1) is 7.13. The Labute approximate surface area is 88.0 Å². The summed E-state index contributed by atoms with van der Waals surface area (Å²) in [5.41, 5.74) is 0. The fourth-order valence-corrected chi connectivity index (χ4v) is 2.09. The van der Waals surface area contributed by atoms with Gasteiger partial charge in [0.25, 0.3) is 0 Å². The van der Waals surface area contributed by atoms with Gasteiger partial charge in [-0.1, -0.05) is 0 Å². The van der Waals surface area contributed by atoms with Crippen molar-refractivity contribution in [1.29, 1.82) is 0 Å². The van der Waals surface area contributed by atoms with Crippen molar-refractivity contribution in [2.45, 2.75) is 18.9 Å². The number of nitrogens with zero attached hydrogens (tertiary/aromatic N) is 1. The third-order valence-electron chi connectivity index (χ3n) is 3.40. The Morgan fingerprint density at radius 3 is 2.27 bits per heavy atom. The Morgan fingerprint density at radius 2 is 1.87 bits per heavy atom. The van der Waals surface area contributed by atoms with Crippen molar-refractivity contribution in [2.75, 3.05) is 20.2 Å². The largest absolute Gasteiger partial charge is 0.481 e. The molecule has 0 aromatic carbocycles. The van der Waals surface area contributed by atoms with E-state index in [2.05, 4.69) is 0 Å². The van der Waals surface area contributed by atoms with Gasteiger partial charge in [-0.25, -0.2) is 0 Å². The number of carboxylic acid groups (broad SMARTS) is 1. The summed E-state index contributed by atoms with van der Waals surface area (Å²) in [6, 6.07) is 0. The zero-order valence-corrected chi connectivity index (χ0v) is 8.68. The molecule has 0 aromatic rings. The predicted octanol–water partition coefficient (Wildman–Crippen LogP) is -0.0456. The average Bonchev–Trinajstić information content (AvgIpc) is 1.98. The Kier molecular flexibility index (Phi) is 2.65. The highest BCUT2D eigenvalue weighted by atomic mass is 16.5. The highest BCUT2D eigenvalue weighted by Gasteiger charge is 2.45. The minimum absolute atomic E-state index is 0.0121. The number of rotatable bonds is 3. The molecule has 0 aromatic heterocycles. The molecule has 0 bridgehead atoms. The van der Waals surface area contributed by atoms with Crippen molar-refractivity contribution in [1.82, 2.24) is 4.90 Å². The van der Waals surface area contributed by atoms with Crippen LogP contribution in [0.15, 0.2) is 0 Å². The zero-order chi connectivity index (χ0) is 11.0. The zero-order valence-electron chi connectivity index (χ0n) is 8.68. The molecular formula is C10H15NO4. The second kappa shape index (κ2) is 3.81. The summed E-state index contributed by atoms with van der Waals surface area (Å²) in [4.78, 5) is 24.2. The molecule has 2 rings (SSSR count). The molecule has 2 fully saturated rings. The number of carboxylic acids is 1. The van der Waals surface area contributed by atoms with Crippen LogP contribution in [0.1, 0.15) is 12.8 Å². The van der Waals surface area contributed by atoms with Gasteiger partial charge in [0.15, 0.2) is 0 Å². The second-order valence-electron chi connectivity index (χ2n) is 4.23.